The van der Waals surface area contributed by atoms with Gasteiger partial charge in [0.1, 0.15) is 6.73 Å². The molecule has 1 aliphatic rings. The Bertz CT molecular complexity index is 1120. The molecular formula is C31H59N3O5SSi2. The van der Waals surface area contributed by atoms with E-state index in [0.29, 0.717) is 39.0 Å². The largest absolute Gasteiger partial charge is 0.415 e. The molecule has 242 valence electrons. The van der Waals surface area contributed by atoms with Gasteiger partial charge < -0.3 is 19.1 Å². The highest BCUT2D eigenvalue weighted by Crippen LogP contribution is 2.38. The number of nitrogens with one attached hydrogen (secondary N) is 2. The van der Waals surface area contributed by atoms with E-state index in [4.69, 9.17) is 8.85 Å². The van der Waals surface area contributed by atoms with Crippen LogP contribution in [0.5, 0.6) is 0 Å². The van der Waals surface area contributed by atoms with Crippen molar-refractivity contribution >= 4 is 43.9 Å². The van der Waals surface area contributed by atoms with Crippen molar-refractivity contribution in [1.29, 1.82) is 0 Å². The molecule has 0 atom stereocenters. The molecule has 1 saturated carbocycles. The van der Waals surface area contributed by atoms with Crippen LogP contribution in [0.4, 0.5) is 11.4 Å². The fraction of sp³-hybridized carbons (Fsp3) is 0.774. The maximum Gasteiger partial charge on any atom is 0.227 e. The second-order valence-electron chi connectivity index (χ2n) is 15.2. The third-order valence-electron chi connectivity index (χ3n) is 9.57. The van der Waals surface area contributed by atoms with E-state index in [1.54, 1.807) is 13.8 Å². The molecule has 0 radical (unpaired) electrons. The summed E-state index contributed by atoms with van der Waals surface area (Å²) in [5.41, 5.74) is 1.79. The summed E-state index contributed by atoms with van der Waals surface area (Å²) in [4.78, 5) is 15.3. The van der Waals surface area contributed by atoms with E-state index in [0.717, 1.165) is 17.9 Å². The summed E-state index contributed by atoms with van der Waals surface area (Å²) in [6.45, 7) is 27.8. The van der Waals surface area contributed by atoms with Gasteiger partial charge in [0.25, 0.3) is 0 Å². The van der Waals surface area contributed by atoms with E-state index >= 15 is 0 Å². The van der Waals surface area contributed by atoms with Crippen molar-refractivity contribution in [3.05, 3.63) is 24.3 Å². The minimum Gasteiger partial charge on any atom is -0.415 e. The molecule has 0 saturated heterocycles. The number of hydrogen-bond acceptors (Lipinski definition) is 6. The van der Waals surface area contributed by atoms with Crippen LogP contribution in [0, 0.1) is 5.92 Å². The summed E-state index contributed by atoms with van der Waals surface area (Å²) < 4.78 is 40.3. The van der Waals surface area contributed by atoms with Gasteiger partial charge >= 0.3 is 0 Å². The lowest BCUT2D eigenvalue weighted by Crippen LogP contribution is -2.46. The Hall–Kier alpha value is -1.25. The molecule has 0 aliphatic heterocycles. The maximum absolute atomic E-state index is 13.0. The van der Waals surface area contributed by atoms with Crippen LogP contribution in [0.1, 0.15) is 81.1 Å². The van der Waals surface area contributed by atoms with Gasteiger partial charge in [0.05, 0.1) is 11.9 Å². The van der Waals surface area contributed by atoms with E-state index in [9.17, 15) is 13.2 Å². The lowest BCUT2D eigenvalue weighted by atomic mass is 9.86. The van der Waals surface area contributed by atoms with E-state index in [2.05, 4.69) is 82.7 Å². The lowest BCUT2D eigenvalue weighted by Gasteiger charge is -2.39. The molecule has 1 aromatic carbocycles. The Morgan fingerprint density at radius 3 is 1.88 bits per heavy atom. The first kappa shape index (κ1) is 36.9. The zero-order chi connectivity index (χ0) is 32.1. The Morgan fingerprint density at radius 2 is 1.40 bits per heavy atom. The van der Waals surface area contributed by atoms with Crippen molar-refractivity contribution < 1.29 is 22.1 Å². The average Bonchev–Trinajstić information content (AvgIpc) is 2.85. The minimum absolute atomic E-state index is 0.00574. The van der Waals surface area contributed by atoms with E-state index < -0.39 is 31.9 Å². The highest BCUT2D eigenvalue weighted by atomic mass is 32.2. The number of hydrogen-bond donors (Lipinski definition) is 2. The Balaban J connectivity index is 2.04. The molecule has 0 heterocycles. The normalized spacial score (nSPS) is 19.2. The third kappa shape index (κ3) is 10.4. The molecule has 2 N–H and O–H groups in total. The molecule has 8 nitrogen and oxygen atoms in total. The van der Waals surface area contributed by atoms with Crippen LogP contribution in [0.25, 0.3) is 0 Å². The number of carbonyl (C=O) groups is 1. The third-order valence-corrected chi connectivity index (χ3v) is 20.5. The molecular weight excluding hydrogens is 583 g/mol. The molecule has 0 aromatic heterocycles. The first-order valence-electron chi connectivity index (χ1n) is 15.5. The van der Waals surface area contributed by atoms with Crippen molar-refractivity contribution in [3.63, 3.8) is 0 Å². The van der Waals surface area contributed by atoms with Gasteiger partial charge in [-0.3, -0.25) is 4.79 Å². The van der Waals surface area contributed by atoms with Crippen LogP contribution in [-0.2, 0) is 23.7 Å². The number of benzene rings is 1. The first-order valence-corrected chi connectivity index (χ1v) is 22.9. The fourth-order valence-electron chi connectivity index (χ4n) is 4.19. The van der Waals surface area contributed by atoms with Gasteiger partial charge in [-0.25, -0.2) is 13.1 Å². The van der Waals surface area contributed by atoms with Crippen molar-refractivity contribution in [1.82, 2.24) is 4.72 Å². The summed E-state index contributed by atoms with van der Waals surface area (Å²) in [7, 11) is -7.12. The number of carbonyl (C=O) groups excluding carboxylic acids is 1. The maximum atomic E-state index is 13.0. The van der Waals surface area contributed by atoms with Gasteiger partial charge in [0.2, 0.25) is 15.9 Å². The molecule has 11 heteroatoms. The molecule has 2 rings (SSSR count). The zero-order valence-corrected chi connectivity index (χ0v) is 31.2. The summed E-state index contributed by atoms with van der Waals surface area (Å²) >= 11 is 0. The molecule has 0 unspecified atom stereocenters. The summed E-state index contributed by atoms with van der Waals surface area (Å²) in [5, 5.41) is 2.88. The Morgan fingerprint density at radius 1 is 0.905 bits per heavy atom. The topological polar surface area (TPSA) is 97.0 Å². The van der Waals surface area contributed by atoms with Crippen LogP contribution in [0.15, 0.2) is 24.3 Å². The van der Waals surface area contributed by atoms with E-state index in [1.165, 1.54) is 0 Å². The number of sulfonamides is 1. The predicted octanol–water partition coefficient (Wildman–Crippen LogP) is 7.32. The SMILES string of the molecule is CC(C)S(=O)(=O)NC1CCC(C(=O)Nc2ccc(N(CCO[Si](C)(C)C(C)(C)C)CO[Si](C)(C)C(C)(C)C)cc2)CC1. The summed E-state index contributed by atoms with van der Waals surface area (Å²) in [5.74, 6) is -0.125. The quantitative estimate of drug-likeness (QED) is 0.173. The molecule has 42 heavy (non-hydrogen) atoms. The standard InChI is InChI=1S/C31H59N3O5SSi2/c1-24(2)40(36,37)33-27-15-13-25(14-16-27)29(35)32-26-17-19-28(20-18-26)34(23-39-42(11,12)31(6,7)8)21-22-38-41(9,10)30(3,4)5/h17-20,24-25,27,33H,13-16,21-23H2,1-12H3,(H,32,35). The monoisotopic (exact) mass is 641 g/mol. The van der Waals surface area contributed by atoms with Crippen molar-refractivity contribution in [3.8, 4) is 0 Å². The smallest absolute Gasteiger partial charge is 0.227 e. The Labute approximate surface area is 259 Å². The van der Waals surface area contributed by atoms with Crippen LogP contribution in [-0.4, -0.2) is 62.1 Å². The van der Waals surface area contributed by atoms with Gasteiger partial charge in [-0.05, 0) is 100 Å². The molecule has 1 aromatic rings. The first-order chi connectivity index (χ1) is 19.1. The lowest BCUT2D eigenvalue weighted by molar-refractivity contribution is -0.120. The molecule has 0 spiro atoms. The van der Waals surface area contributed by atoms with Crippen LogP contribution in [0.2, 0.25) is 36.3 Å². The second kappa shape index (κ2) is 14.2. The van der Waals surface area contributed by atoms with Crippen molar-refractivity contribution in [2.75, 3.05) is 30.1 Å². The highest BCUT2D eigenvalue weighted by molar-refractivity contribution is 7.90. The van der Waals surface area contributed by atoms with Gasteiger partial charge in [0, 0.05) is 29.9 Å². The van der Waals surface area contributed by atoms with E-state index in [-0.39, 0.29) is 27.9 Å². The van der Waals surface area contributed by atoms with Crippen molar-refractivity contribution in [2.24, 2.45) is 5.92 Å². The highest BCUT2D eigenvalue weighted by Gasteiger charge is 2.39. The van der Waals surface area contributed by atoms with Crippen LogP contribution >= 0.6 is 0 Å². The van der Waals surface area contributed by atoms with Crippen LogP contribution < -0.4 is 14.9 Å². The predicted molar refractivity (Wildman–Crippen MR) is 182 cm³/mol. The van der Waals surface area contributed by atoms with Gasteiger partial charge in [0.15, 0.2) is 16.6 Å². The number of anilines is 2. The van der Waals surface area contributed by atoms with Gasteiger partial charge in [-0.1, -0.05) is 41.5 Å². The van der Waals surface area contributed by atoms with Gasteiger partial charge in [-0.15, -0.1) is 0 Å². The number of nitrogens with zero attached hydrogens (tertiary/aromatic N) is 1. The molecule has 1 amide bonds. The van der Waals surface area contributed by atoms with E-state index in [1.807, 2.05) is 24.3 Å². The Kier molecular flexibility index (Phi) is 12.5. The summed E-state index contributed by atoms with van der Waals surface area (Å²) in [6, 6.07) is 7.87. The average molecular weight is 642 g/mol. The fourth-order valence-corrected chi connectivity index (χ4v) is 7.11. The summed E-state index contributed by atoms with van der Waals surface area (Å²) in [6.07, 6.45) is 2.68. The molecule has 0 bridgehead atoms. The molecule has 1 fully saturated rings. The van der Waals surface area contributed by atoms with Crippen LogP contribution in [0.3, 0.4) is 0 Å². The number of rotatable bonds is 13. The van der Waals surface area contributed by atoms with Crippen molar-refractivity contribution in [2.45, 2.75) is 129 Å². The van der Waals surface area contributed by atoms with Gasteiger partial charge in [-0.2, -0.15) is 0 Å². The number of amides is 1. The zero-order valence-electron chi connectivity index (χ0n) is 28.4. The minimum atomic E-state index is -3.30. The second-order valence-corrected chi connectivity index (χ2v) is 27.1. The molecule has 1 aliphatic carbocycles.